The van der Waals surface area contributed by atoms with E-state index in [-0.39, 0.29) is 19.1 Å². The van der Waals surface area contributed by atoms with Crippen molar-refractivity contribution >= 4 is 5.91 Å². The normalized spacial score (nSPS) is 10.3. The van der Waals surface area contributed by atoms with Gasteiger partial charge in [-0.05, 0) is 19.4 Å². The zero-order valence-electron chi connectivity index (χ0n) is 11.8. The summed E-state index contributed by atoms with van der Waals surface area (Å²) in [6, 6.07) is 7.21. The van der Waals surface area contributed by atoms with Crippen molar-refractivity contribution in [3.8, 4) is 5.75 Å². The van der Waals surface area contributed by atoms with Gasteiger partial charge in [-0.2, -0.15) is 0 Å². The van der Waals surface area contributed by atoms with Gasteiger partial charge in [0.05, 0.1) is 6.61 Å². The Morgan fingerprint density at radius 2 is 2.05 bits per heavy atom. The van der Waals surface area contributed by atoms with E-state index < -0.39 is 0 Å². The van der Waals surface area contributed by atoms with Crippen LogP contribution in [0.1, 0.15) is 32.3 Å². The largest absolute Gasteiger partial charge is 0.483 e. The summed E-state index contributed by atoms with van der Waals surface area (Å²) in [6.07, 6.45) is 2.07. The fourth-order valence-electron chi connectivity index (χ4n) is 1.81. The van der Waals surface area contributed by atoms with Crippen LogP contribution in [0.3, 0.4) is 0 Å². The highest BCUT2D eigenvalue weighted by Gasteiger charge is 2.12. The molecule has 0 saturated carbocycles. The molecule has 19 heavy (non-hydrogen) atoms. The minimum Gasteiger partial charge on any atom is -0.483 e. The number of unbranched alkanes of at least 4 members (excludes halogenated alkanes) is 1. The van der Waals surface area contributed by atoms with Crippen LogP contribution in [-0.4, -0.2) is 35.6 Å². The highest BCUT2D eigenvalue weighted by Crippen LogP contribution is 2.17. The summed E-state index contributed by atoms with van der Waals surface area (Å²) in [4.78, 5) is 13.8. The molecule has 0 bridgehead atoms. The number of hydrogen-bond donors (Lipinski definition) is 1. The van der Waals surface area contributed by atoms with E-state index >= 15 is 0 Å². The Hall–Kier alpha value is -1.55. The predicted molar refractivity (Wildman–Crippen MR) is 75.0 cm³/mol. The van der Waals surface area contributed by atoms with Gasteiger partial charge in [0, 0.05) is 18.7 Å². The summed E-state index contributed by atoms with van der Waals surface area (Å²) in [7, 11) is 0. The molecule has 4 nitrogen and oxygen atoms in total. The highest BCUT2D eigenvalue weighted by molar-refractivity contribution is 5.77. The van der Waals surface area contributed by atoms with Crippen LogP contribution in [0.15, 0.2) is 24.3 Å². The number of aliphatic hydroxyl groups is 1. The molecule has 4 heteroatoms. The third-order valence-corrected chi connectivity index (χ3v) is 3.01. The van der Waals surface area contributed by atoms with Crippen molar-refractivity contribution in [1.29, 1.82) is 0 Å². The van der Waals surface area contributed by atoms with Crippen LogP contribution in [-0.2, 0) is 11.4 Å². The van der Waals surface area contributed by atoms with Gasteiger partial charge in [-0.15, -0.1) is 0 Å². The smallest absolute Gasteiger partial charge is 0.260 e. The van der Waals surface area contributed by atoms with Crippen molar-refractivity contribution in [3.63, 3.8) is 0 Å². The van der Waals surface area contributed by atoms with Gasteiger partial charge in [-0.3, -0.25) is 4.79 Å². The van der Waals surface area contributed by atoms with Gasteiger partial charge in [0.2, 0.25) is 0 Å². The third kappa shape index (κ3) is 4.91. The van der Waals surface area contributed by atoms with Gasteiger partial charge in [-0.1, -0.05) is 31.5 Å². The summed E-state index contributed by atoms with van der Waals surface area (Å²) in [5.41, 5.74) is 0.701. The second-order valence-electron chi connectivity index (χ2n) is 4.38. The molecule has 0 atom stereocenters. The van der Waals surface area contributed by atoms with Crippen molar-refractivity contribution in [3.05, 3.63) is 29.8 Å². The summed E-state index contributed by atoms with van der Waals surface area (Å²) >= 11 is 0. The van der Waals surface area contributed by atoms with Crippen LogP contribution in [0.5, 0.6) is 5.75 Å². The number of carbonyl (C=O) groups is 1. The number of amides is 1. The average molecular weight is 265 g/mol. The zero-order chi connectivity index (χ0) is 14.1. The monoisotopic (exact) mass is 265 g/mol. The molecule has 0 aliphatic rings. The standard InChI is InChI=1S/C15H23NO3/c1-3-5-10-16(4-2)15(18)12-19-14-9-7-6-8-13(14)11-17/h6-9,17H,3-5,10-12H2,1-2H3. The molecular weight excluding hydrogens is 242 g/mol. The van der Waals surface area contributed by atoms with Crippen molar-refractivity contribution in [2.45, 2.75) is 33.3 Å². The van der Waals surface area contributed by atoms with Gasteiger partial charge in [0.1, 0.15) is 5.75 Å². The Bertz CT molecular complexity index is 393. The van der Waals surface area contributed by atoms with Gasteiger partial charge < -0.3 is 14.7 Å². The van der Waals surface area contributed by atoms with Crippen molar-refractivity contribution in [1.82, 2.24) is 4.90 Å². The molecule has 0 unspecified atom stereocenters. The van der Waals surface area contributed by atoms with E-state index in [9.17, 15) is 9.90 Å². The van der Waals surface area contributed by atoms with Crippen LogP contribution < -0.4 is 4.74 Å². The molecule has 0 radical (unpaired) electrons. The number of likely N-dealkylation sites (N-methyl/N-ethyl adjacent to an activating group) is 1. The van der Waals surface area contributed by atoms with Gasteiger partial charge in [0.25, 0.3) is 5.91 Å². The van der Waals surface area contributed by atoms with Crippen molar-refractivity contribution in [2.24, 2.45) is 0 Å². The SMILES string of the molecule is CCCCN(CC)C(=O)COc1ccccc1CO. The molecule has 1 aromatic rings. The minimum atomic E-state index is -0.0856. The van der Waals surface area contributed by atoms with E-state index in [0.717, 1.165) is 19.4 Å². The Labute approximate surface area is 115 Å². The molecule has 106 valence electrons. The van der Waals surface area contributed by atoms with E-state index in [2.05, 4.69) is 6.92 Å². The molecule has 1 amide bonds. The lowest BCUT2D eigenvalue weighted by Crippen LogP contribution is -2.35. The van der Waals surface area contributed by atoms with E-state index in [0.29, 0.717) is 17.9 Å². The summed E-state index contributed by atoms with van der Waals surface area (Å²) < 4.78 is 5.50. The molecule has 0 spiro atoms. The first-order chi connectivity index (χ1) is 9.22. The Kier molecular flexibility index (Phi) is 6.97. The van der Waals surface area contributed by atoms with Gasteiger partial charge in [-0.25, -0.2) is 0 Å². The maximum Gasteiger partial charge on any atom is 0.260 e. The molecule has 0 aromatic heterocycles. The molecule has 1 rings (SSSR count). The van der Waals surface area contributed by atoms with Crippen molar-refractivity contribution < 1.29 is 14.6 Å². The first kappa shape index (κ1) is 15.5. The lowest BCUT2D eigenvalue weighted by molar-refractivity contribution is -0.133. The molecule has 0 heterocycles. The minimum absolute atomic E-state index is 0.0105. The van der Waals surface area contributed by atoms with E-state index in [4.69, 9.17) is 4.74 Å². The lowest BCUT2D eigenvalue weighted by atomic mass is 10.2. The molecule has 1 N–H and O–H groups in total. The maximum atomic E-state index is 12.0. The fourth-order valence-corrected chi connectivity index (χ4v) is 1.81. The molecular formula is C15H23NO3. The van der Waals surface area contributed by atoms with Gasteiger partial charge >= 0.3 is 0 Å². The second kappa shape index (κ2) is 8.53. The van der Waals surface area contributed by atoms with Crippen LogP contribution in [0.4, 0.5) is 0 Å². The summed E-state index contributed by atoms with van der Waals surface area (Å²) in [6.45, 7) is 5.48. The zero-order valence-corrected chi connectivity index (χ0v) is 11.8. The quantitative estimate of drug-likeness (QED) is 0.784. The van der Waals surface area contributed by atoms with Gasteiger partial charge in [0.15, 0.2) is 6.61 Å². The van der Waals surface area contributed by atoms with Crippen LogP contribution >= 0.6 is 0 Å². The molecule has 0 saturated heterocycles. The number of ether oxygens (including phenoxy) is 1. The molecule has 0 aliphatic carbocycles. The number of aliphatic hydroxyl groups excluding tert-OH is 1. The summed E-state index contributed by atoms with van der Waals surface area (Å²) in [5, 5.41) is 9.18. The number of rotatable bonds is 8. The van der Waals surface area contributed by atoms with Crippen LogP contribution in [0.2, 0.25) is 0 Å². The lowest BCUT2D eigenvalue weighted by Gasteiger charge is -2.21. The third-order valence-electron chi connectivity index (χ3n) is 3.01. The Morgan fingerprint density at radius 3 is 2.68 bits per heavy atom. The van der Waals surface area contributed by atoms with E-state index in [1.807, 2.05) is 19.1 Å². The molecule has 0 fully saturated rings. The predicted octanol–water partition coefficient (Wildman–Crippen LogP) is 2.21. The number of nitrogens with zero attached hydrogens (tertiary/aromatic N) is 1. The number of hydrogen-bond acceptors (Lipinski definition) is 3. The van der Waals surface area contributed by atoms with E-state index in [1.165, 1.54) is 0 Å². The molecule has 1 aromatic carbocycles. The highest BCUT2D eigenvalue weighted by atomic mass is 16.5. The van der Waals surface area contributed by atoms with Crippen LogP contribution in [0.25, 0.3) is 0 Å². The topological polar surface area (TPSA) is 49.8 Å². The van der Waals surface area contributed by atoms with Crippen LogP contribution in [0, 0.1) is 0 Å². The number of carbonyl (C=O) groups excluding carboxylic acids is 1. The van der Waals surface area contributed by atoms with E-state index in [1.54, 1.807) is 17.0 Å². The first-order valence-electron chi connectivity index (χ1n) is 6.82. The Balaban J connectivity index is 2.52. The second-order valence-corrected chi connectivity index (χ2v) is 4.38. The number of para-hydroxylation sites is 1. The first-order valence-corrected chi connectivity index (χ1v) is 6.82. The average Bonchev–Trinajstić information content (AvgIpc) is 2.46. The fraction of sp³-hybridized carbons (Fsp3) is 0.533. The summed E-state index contributed by atoms with van der Waals surface area (Å²) in [5.74, 6) is 0.564. The molecule has 0 aliphatic heterocycles. The Morgan fingerprint density at radius 1 is 1.32 bits per heavy atom. The van der Waals surface area contributed by atoms with Crippen molar-refractivity contribution in [2.75, 3.05) is 19.7 Å². The maximum absolute atomic E-state index is 12.0. The number of benzene rings is 1.